The van der Waals surface area contributed by atoms with Gasteiger partial charge in [-0.05, 0) is 0 Å². The topological polar surface area (TPSA) is 3.24 Å². The van der Waals surface area contributed by atoms with Gasteiger partial charge >= 0.3 is 177 Å². The molecule has 0 saturated carbocycles. The Balaban J connectivity index is 2.40. The van der Waals surface area contributed by atoms with Crippen molar-refractivity contribution in [3.63, 3.8) is 0 Å². The van der Waals surface area contributed by atoms with E-state index >= 15 is 0 Å². The number of halogens is 4. The zero-order chi connectivity index (χ0) is 17.5. The minimum atomic E-state index is 0.0329. The summed E-state index contributed by atoms with van der Waals surface area (Å²) in [6.45, 7) is 5.47. The van der Waals surface area contributed by atoms with Gasteiger partial charge in [0.15, 0.2) is 0 Å². The van der Waals surface area contributed by atoms with E-state index < -0.39 is 0 Å². The number of nitrogens with zero attached hydrogens (tertiary/aromatic N) is 1. The van der Waals surface area contributed by atoms with Gasteiger partial charge in [-0.1, -0.05) is 0 Å². The monoisotopic (exact) mass is 588 g/mol. The fourth-order valence-corrected chi connectivity index (χ4v) is 5.90. The summed E-state index contributed by atoms with van der Waals surface area (Å²) >= 11 is 15.2. The van der Waals surface area contributed by atoms with Gasteiger partial charge in [0.25, 0.3) is 0 Å². The van der Waals surface area contributed by atoms with Crippen LogP contribution in [0.5, 0.6) is 0 Å². The van der Waals surface area contributed by atoms with Gasteiger partial charge in [-0.15, -0.1) is 0 Å². The van der Waals surface area contributed by atoms with Crippen molar-refractivity contribution in [2.24, 2.45) is 0 Å². The molecule has 0 amide bonds. The first-order valence-corrected chi connectivity index (χ1v) is 16.3. The average molecular weight is 589 g/mol. The fourth-order valence-electron chi connectivity index (χ4n) is 2.85. The van der Waals surface area contributed by atoms with Gasteiger partial charge in [-0.25, -0.2) is 0 Å². The Morgan fingerprint density at radius 1 is 1.08 bits per heavy atom. The van der Waals surface area contributed by atoms with Gasteiger partial charge in [0, 0.05) is 0 Å². The van der Waals surface area contributed by atoms with Crippen LogP contribution in [0.15, 0.2) is 42.5 Å². The van der Waals surface area contributed by atoms with E-state index in [1.807, 2.05) is 12.1 Å². The van der Waals surface area contributed by atoms with Crippen molar-refractivity contribution in [1.82, 2.24) is 0 Å². The molecule has 5 heteroatoms. The first-order valence-electron chi connectivity index (χ1n) is 8.18. The fraction of sp³-hybridized carbons (Fsp3) is 0.368. The average Bonchev–Trinajstić information content (AvgIpc) is 2.60. The van der Waals surface area contributed by atoms with E-state index in [-0.39, 0.29) is 17.2 Å². The Hall–Kier alpha value is 0.280. The van der Waals surface area contributed by atoms with Gasteiger partial charge in [-0.2, -0.15) is 0 Å². The molecule has 0 aromatic heterocycles. The molecule has 0 aliphatic heterocycles. The second-order valence-corrected chi connectivity index (χ2v) is 10.9. The number of unbranched alkanes of at least 4 members (excludes halogenated alkanes) is 1. The molecule has 1 nitrogen and oxygen atoms in total. The molecule has 1 unspecified atom stereocenters. The van der Waals surface area contributed by atoms with E-state index in [4.69, 9.17) is 23.2 Å². The van der Waals surface area contributed by atoms with Crippen LogP contribution >= 0.6 is 41.8 Å². The molecule has 132 valence electrons. The van der Waals surface area contributed by atoms with Gasteiger partial charge in [-0.3, -0.25) is 0 Å². The van der Waals surface area contributed by atoms with Crippen molar-refractivity contribution in [3.05, 3.63) is 61.6 Å². The summed E-state index contributed by atoms with van der Waals surface area (Å²) in [5.41, 5.74) is 2.43. The Kier molecular flexibility index (Phi) is 8.95. The van der Waals surface area contributed by atoms with Crippen molar-refractivity contribution in [1.29, 1.82) is 0 Å². The summed E-state index contributed by atoms with van der Waals surface area (Å²) in [7, 11) is 0. The molecule has 0 fully saturated rings. The van der Waals surface area contributed by atoms with Crippen molar-refractivity contribution >= 4 is 47.5 Å². The standard InChI is InChI=1S/C19H22Cl2I2N/c1-3-5-12-24(19-11-10-16(23-22)13-17(19)21)18(4-2)14-6-8-15(20)9-7-14/h6-11,13,18H,3-5,12H2,1-2H3/q-1. The third-order valence-electron chi connectivity index (χ3n) is 4.07. The molecule has 2 aromatic rings. The van der Waals surface area contributed by atoms with Crippen molar-refractivity contribution in [2.45, 2.75) is 39.2 Å². The maximum atomic E-state index is 6.65. The molecular weight excluding hydrogens is 567 g/mol. The predicted molar refractivity (Wildman–Crippen MR) is 111 cm³/mol. The Bertz CT molecular complexity index is 646. The molecule has 0 aliphatic rings. The Labute approximate surface area is 175 Å². The van der Waals surface area contributed by atoms with E-state index in [1.54, 1.807) is 0 Å². The summed E-state index contributed by atoms with van der Waals surface area (Å²) in [5.74, 6) is 0. The molecule has 1 atom stereocenters. The summed E-state index contributed by atoms with van der Waals surface area (Å²) in [5, 5.41) is 1.65. The molecule has 0 N–H and O–H groups in total. The van der Waals surface area contributed by atoms with Crippen LogP contribution in [0.1, 0.15) is 44.7 Å². The van der Waals surface area contributed by atoms with Gasteiger partial charge in [0.2, 0.25) is 0 Å². The Morgan fingerprint density at radius 2 is 1.79 bits per heavy atom. The van der Waals surface area contributed by atoms with Crippen LogP contribution in [0.4, 0.5) is 5.69 Å². The molecular formula is C19H22Cl2I2N-. The maximum absolute atomic E-state index is 6.65. The van der Waals surface area contributed by atoms with E-state index in [0.29, 0.717) is 6.04 Å². The van der Waals surface area contributed by atoms with Crippen molar-refractivity contribution in [3.8, 4) is 0 Å². The third-order valence-corrected chi connectivity index (χ3v) is 8.93. The number of benzene rings is 2. The molecule has 24 heavy (non-hydrogen) atoms. The molecule has 2 rings (SSSR count). The molecule has 0 heterocycles. The van der Waals surface area contributed by atoms with Gasteiger partial charge in [0.1, 0.15) is 0 Å². The second-order valence-electron chi connectivity index (χ2n) is 5.69. The zero-order valence-electron chi connectivity index (χ0n) is 13.9. The molecule has 0 saturated heterocycles. The second kappa shape index (κ2) is 10.4. The Morgan fingerprint density at radius 3 is 2.33 bits per heavy atom. The molecule has 0 radical (unpaired) electrons. The molecule has 2 aromatic carbocycles. The third kappa shape index (κ3) is 5.39. The summed E-state index contributed by atoms with van der Waals surface area (Å²) in [4.78, 5) is 2.46. The van der Waals surface area contributed by atoms with Crippen LogP contribution in [0.25, 0.3) is 0 Å². The van der Waals surface area contributed by atoms with Crippen LogP contribution < -0.4 is 22.1 Å². The SMILES string of the molecule is CCCCN(c1ccc([I-]I)cc1Cl)C(CC)c1ccc(Cl)cc1. The van der Waals surface area contributed by atoms with Crippen LogP contribution in [0, 0.1) is 3.57 Å². The van der Waals surface area contributed by atoms with Crippen molar-refractivity contribution in [2.75, 3.05) is 11.4 Å². The minimum absolute atomic E-state index is 0.0329. The number of hydrogen-bond acceptors (Lipinski definition) is 1. The predicted octanol–water partition coefficient (Wildman–Crippen LogP) is 4.36. The van der Waals surface area contributed by atoms with Crippen LogP contribution in [0.2, 0.25) is 10.0 Å². The first-order chi connectivity index (χ1) is 11.6. The molecule has 0 aliphatic carbocycles. The van der Waals surface area contributed by atoms with E-state index in [1.165, 1.54) is 15.6 Å². The van der Waals surface area contributed by atoms with Gasteiger partial charge < -0.3 is 0 Å². The van der Waals surface area contributed by atoms with E-state index in [2.05, 4.69) is 67.7 Å². The van der Waals surface area contributed by atoms with Crippen LogP contribution in [-0.2, 0) is 0 Å². The summed E-state index contributed by atoms with van der Waals surface area (Å²) in [6, 6.07) is 15.1. The zero-order valence-corrected chi connectivity index (χ0v) is 19.7. The number of hydrogen-bond donors (Lipinski definition) is 0. The summed E-state index contributed by atoms with van der Waals surface area (Å²) in [6.07, 6.45) is 3.35. The number of rotatable bonds is 8. The quantitative estimate of drug-likeness (QED) is 0.415. The first kappa shape index (κ1) is 20.6. The van der Waals surface area contributed by atoms with Crippen LogP contribution in [0.3, 0.4) is 0 Å². The molecule has 0 bridgehead atoms. The summed E-state index contributed by atoms with van der Waals surface area (Å²) < 4.78 is 1.37. The normalized spacial score (nSPS) is 12.4. The van der Waals surface area contributed by atoms with E-state index in [9.17, 15) is 0 Å². The number of anilines is 1. The molecule has 0 spiro atoms. The van der Waals surface area contributed by atoms with E-state index in [0.717, 1.165) is 35.1 Å². The van der Waals surface area contributed by atoms with Gasteiger partial charge in [0.05, 0.1) is 0 Å². The van der Waals surface area contributed by atoms with Crippen LogP contribution in [-0.4, -0.2) is 6.54 Å². The van der Waals surface area contributed by atoms with Crippen molar-refractivity contribution < 1.29 is 17.2 Å².